The molecule has 0 aromatic carbocycles. The predicted molar refractivity (Wildman–Crippen MR) is 76.8 cm³/mol. The zero-order valence-corrected chi connectivity index (χ0v) is 12.8. The summed E-state index contributed by atoms with van der Waals surface area (Å²) in [4.78, 5) is 0. The molecule has 0 aliphatic heterocycles. The van der Waals surface area contributed by atoms with Crippen LogP contribution in [0.25, 0.3) is 0 Å². The summed E-state index contributed by atoms with van der Waals surface area (Å²) in [5.74, 6) is 0.763. The highest BCUT2D eigenvalue weighted by atomic mass is 16.3. The lowest BCUT2D eigenvalue weighted by Crippen LogP contribution is -2.64. The maximum atomic E-state index is 11.1. The SMILES string of the molecule is CC1(C)CCC[C@@]2(C)C1[C@H](O)C[C@@]1(O)CCCCC12. The summed E-state index contributed by atoms with van der Waals surface area (Å²) in [6.07, 6.45) is 8.39. The van der Waals surface area contributed by atoms with Crippen molar-refractivity contribution in [1.82, 2.24) is 0 Å². The second kappa shape index (κ2) is 4.21. The van der Waals surface area contributed by atoms with E-state index in [1.165, 1.54) is 25.7 Å². The summed E-state index contributed by atoms with van der Waals surface area (Å²) >= 11 is 0. The topological polar surface area (TPSA) is 40.5 Å². The minimum atomic E-state index is -0.587. The van der Waals surface area contributed by atoms with Crippen LogP contribution < -0.4 is 0 Å². The normalized spacial score (nSPS) is 53.2. The fourth-order valence-electron chi connectivity index (χ4n) is 6.37. The molecule has 19 heavy (non-hydrogen) atoms. The Morgan fingerprint density at radius 1 is 0.947 bits per heavy atom. The van der Waals surface area contributed by atoms with Gasteiger partial charge in [0.1, 0.15) is 0 Å². The summed E-state index contributed by atoms with van der Waals surface area (Å²) in [5.41, 5.74) is -0.240. The van der Waals surface area contributed by atoms with Gasteiger partial charge in [0.15, 0.2) is 0 Å². The van der Waals surface area contributed by atoms with Gasteiger partial charge in [0, 0.05) is 6.42 Å². The molecule has 110 valence electrons. The molecule has 0 aromatic rings. The Labute approximate surface area is 117 Å². The first-order chi connectivity index (χ1) is 8.80. The average Bonchev–Trinajstić information content (AvgIpc) is 2.25. The molecule has 2 unspecified atom stereocenters. The monoisotopic (exact) mass is 266 g/mol. The average molecular weight is 266 g/mol. The van der Waals surface area contributed by atoms with Crippen LogP contribution in [0.1, 0.15) is 72.1 Å². The predicted octanol–water partition coefficient (Wildman–Crippen LogP) is 3.50. The van der Waals surface area contributed by atoms with Gasteiger partial charge in [-0.05, 0) is 48.3 Å². The van der Waals surface area contributed by atoms with Gasteiger partial charge in [-0.3, -0.25) is 0 Å². The molecule has 0 saturated heterocycles. The molecule has 3 aliphatic carbocycles. The van der Waals surface area contributed by atoms with Crippen molar-refractivity contribution in [2.75, 3.05) is 0 Å². The summed E-state index contributed by atoms with van der Waals surface area (Å²) in [7, 11) is 0. The van der Waals surface area contributed by atoms with Crippen molar-refractivity contribution >= 4 is 0 Å². The van der Waals surface area contributed by atoms with Crippen LogP contribution in [-0.2, 0) is 0 Å². The van der Waals surface area contributed by atoms with Gasteiger partial charge in [0.25, 0.3) is 0 Å². The van der Waals surface area contributed by atoms with E-state index in [9.17, 15) is 10.2 Å². The highest BCUT2D eigenvalue weighted by molar-refractivity contribution is 5.12. The molecule has 0 spiro atoms. The fraction of sp³-hybridized carbons (Fsp3) is 1.00. The van der Waals surface area contributed by atoms with Crippen molar-refractivity contribution in [3.05, 3.63) is 0 Å². The van der Waals surface area contributed by atoms with E-state index in [1.54, 1.807) is 0 Å². The van der Waals surface area contributed by atoms with Gasteiger partial charge in [-0.25, -0.2) is 0 Å². The molecule has 0 aromatic heterocycles. The molecular formula is C17H30O2. The molecule has 3 fully saturated rings. The standard InChI is InChI=1S/C17H30O2/c1-15(2)8-6-9-16(3)13-7-4-5-10-17(13,19)11-12(18)14(15)16/h12-14,18-19H,4-11H2,1-3H3/t12-,13?,14?,16-,17+/m1/s1. The van der Waals surface area contributed by atoms with Crippen LogP contribution in [0, 0.1) is 22.7 Å². The Hall–Kier alpha value is -0.0800. The Bertz CT molecular complexity index is 364. The smallest absolute Gasteiger partial charge is 0.0705 e. The van der Waals surface area contributed by atoms with Gasteiger partial charge in [-0.15, -0.1) is 0 Å². The highest BCUT2D eigenvalue weighted by Crippen LogP contribution is 2.64. The second-order valence-electron chi connectivity index (χ2n) is 8.50. The van der Waals surface area contributed by atoms with Crippen LogP contribution in [0.4, 0.5) is 0 Å². The van der Waals surface area contributed by atoms with Crippen LogP contribution in [0.3, 0.4) is 0 Å². The zero-order chi connectivity index (χ0) is 13.9. The van der Waals surface area contributed by atoms with Crippen molar-refractivity contribution in [1.29, 1.82) is 0 Å². The molecule has 3 aliphatic rings. The molecule has 0 amide bonds. The van der Waals surface area contributed by atoms with E-state index in [0.717, 1.165) is 19.3 Å². The first-order valence-corrected chi connectivity index (χ1v) is 8.20. The van der Waals surface area contributed by atoms with E-state index >= 15 is 0 Å². The first kappa shape index (κ1) is 13.9. The largest absolute Gasteiger partial charge is 0.393 e. The third-order valence-corrected chi connectivity index (χ3v) is 6.83. The van der Waals surface area contributed by atoms with E-state index in [2.05, 4.69) is 20.8 Å². The van der Waals surface area contributed by atoms with Gasteiger partial charge in [-0.2, -0.15) is 0 Å². The lowest BCUT2D eigenvalue weighted by molar-refractivity contribution is -0.230. The van der Waals surface area contributed by atoms with Crippen molar-refractivity contribution in [3.63, 3.8) is 0 Å². The van der Waals surface area contributed by atoms with Crippen LogP contribution in [0.5, 0.6) is 0 Å². The maximum absolute atomic E-state index is 11.1. The molecule has 3 rings (SSSR count). The summed E-state index contributed by atoms with van der Waals surface area (Å²) < 4.78 is 0. The number of aliphatic hydroxyl groups is 2. The quantitative estimate of drug-likeness (QED) is 0.704. The Morgan fingerprint density at radius 2 is 1.68 bits per heavy atom. The van der Waals surface area contributed by atoms with Crippen molar-refractivity contribution in [2.24, 2.45) is 22.7 Å². The Morgan fingerprint density at radius 3 is 2.42 bits per heavy atom. The molecular weight excluding hydrogens is 236 g/mol. The fourth-order valence-corrected chi connectivity index (χ4v) is 6.37. The molecule has 2 heteroatoms. The molecule has 2 N–H and O–H groups in total. The number of rotatable bonds is 0. The molecule has 2 nitrogen and oxygen atoms in total. The number of aliphatic hydroxyl groups excluding tert-OH is 1. The van der Waals surface area contributed by atoms with E-state index in [1.807, 2.05) is 0 Å². The molecule has 3 saturated carbocycles. The van der Waals surface area contributed by atoms with Gasteiger partial charge >= 0.3 is 0 Å². The number of hydrogen-bond donors (Lipinski definition) is 2. The summed E-state index contributed by atoms with van der Waals surface area (Å²) in [6, 6.07) is 0. The molecule has 5 atom stereocenters. The van der Waals surface area contributed by atoms with Crippen LogP contribution in [0.15, 0.2) is 0 Å². The van der Waals surface area contributed by atoms with E-state index in [-0.39, 0.29) is 16.9 Å². The molecule has 0 heterocycles. The second-order valence-corrected chi connectivity index (χ2v) is 8.50. The third kappa shape index (κ3) is 1.90. The lowest BCUT2D eigenvalue weighted by atomic mass is 9.43. The summed E-state index contributed by atoms with van der Waals surface area (Å²) in [5, 5.41) is 21.8. The zero-order valence-electron chi connectivity index (χ0n) is 12.8. The Kier molecular flexibility index (Phi) is 3.07. The van der Waals surface area contributed by atoms with Crippen LogP contribution >= 0.6 is 0 Å². The van der Waals surface area contributed by atoms with Crippen molar-refractivity contribution in [2.45, 2.75) is 83.8 Å². The van der Waals surface area contributed by atoms with E-state index in [4.69, 9.17) is 0 Å². The molecule has 0 bridgehead atoms. The van der Waals surface area contributed by atoms with E-state index in [0.29, 0.717) is 18.3 Å². The number of hydrogen-bond acceptors (Lipinski definition) is 2. The first-order valence-electron chi connectivity index (χ1n) is 8.20. The minimum absolute atomic E-state index is 0.134. The summed E-state index contributed by atoms with van der Waals surface area (Å²) in [6.45, 7) is 7.01. The van der Waals surface area contributed by atoms with Gasteiger partial charge in [0.05, 0.1) is 11.7 Å². The molecule has 0 radical (unpaired) electrons. The van der Waals surface area contributed by atoms with Gasteiger partial charge in [0.2, 0.25) is 0 Å². The lowest BCUT2D eigenvalue weighted by Gasteiger charge is -2.64. The van der Waals surface area contributed by atoms with Crippen LogP contribution in [0.2, 0.25) is 0 Å². The van der Waals surface area contributed by atoms with Crippen LogP contribution in [-0.4, -0.2) is 21.9 Å². The highest BCUT2D eigenvalue weighted by Gasteiger charge is 2.62. The van der Waals surface area contributed by atoms with E-state index < -0.39 is 5.60 Å². The van der Waals surface area contributed by atoms with Gasteiger partial charge < -0.3 is 10.2 Å². The number of fused-ring (bicyclic) bond motifs is 3. The maximum Gasteiger partial charge on any atom is 0.0705 e. The van der Waals surface area contributed by atoms with Crippen molar-refractivity contribution < 1.29 is 10.2 Å². The van der Waals surface area contributed by atoms with Crippen molar-refractivity contribution in [3.8, 4) is 0 Å². The third-order valence-electron chi connectivity index (χ3n) is 6.83. The van der Waals surface area contributed by atoms with Gasteiger partial charge in [-0.1, -0.05) is 40.0 Å². The minimum Gasteiger partial charge on any atom is -0.393 e. The Balaban J connectivity index is 2.02.